The number of carbonyl (C=O) groups is 3. The van der Waals surface area contributed by atoms with E-state index >= 15 is 0 Å². The maximum absolute atomic E-state index is 12.4. The van der Waals surface area contributed by atoms with Gasteiger partial charge in [0.05, 0.1) is 11.1 Å². The van der Waals surface area contributed by atoms with Crippen molar-refractivity contribution in [1.29, 1.82) is 0 Å². The van der Waals surface area contributed by atoms with E-state index in [-0.39, 0.29) is 30.7 Å². The number of thioether (sulfide) groups is 1. The van der Waals surface area contributed by atoms with Gasteiger partial charge in [-0.1, -0.05) is 23.2 Å². The number of aryl methyl sites for hydroxylation is 1. The molecule has 0 saturated carbocycles. The average molecular weight is 403 g/mol. The van der Waals surface area contributed by atoms with Crippen LogP contribution in [0.5, 0.6) is 0 Å². The van der Waals surface area contributed by atoms with Gasteiger partial charge in [-0.3, -0.25) is 19.3 Å². The number of rotatable bonds is 7. The van der Waals surface area contributed by atoms with Crippen molar-refractivity contribution >= 4 is 41.1 Å². The summed E-state index contributed by atoms with van der Waals surface area (Å²) >= 11 is 7.46. The Morgan fingerprint density at radius 1 is 1.07 bits per heavy atom. The second-order valence-electron chi connectivity index (χ2n) is 6.21. The molecule has 0 bridgehead atoms. The van der Waals surface area contributed by atoms with Gasteiger partial charge >= 0.3 is 0 Å². The summed E-state index contributed by atoms with van der Waals surface area (Å²) in [6, 6.07) is 12.7. The van der Waals surface area contributed by atoms with Crippen LogP contribution in [0, 0.1) is 6.92 Å². The Morgan fingerprint density at radius 2 is 1.78 bits per heavy atom. The van der Waals surface area contributed by atoms with Crippen LogP contribution in [0.2, 0.25) is 5.02 Å². The fourth-order valence-electron chi connectivity index (χ4n) is 2.80. The minimum Gasteiger partial charge on any atom is -0.355 e. The predicted molar refractivity (Wildman–Crippen MR) is 106 cm³/mol. The lowest BCUT2D eigenvalue weighted by molar-refractivity contribution is -0.121. The minimum absolute atomic E-state index is 0.0849. The van der Waals surface area contributed by atoms with Crippen molar-refractivity contribution in [3.05, 3.63) is 64.2 Å². The molecule has 3 amide bonds. The van der Waals surface area contributed by atoms with Crippen LogP contribution in [-0.2, 0) is 4.79 Å². The Morgan fingerprint density at radius 3 is 2.52 bits per heavy atom. The fourth-order valence-corrected chi connectivity index (χ4v) is 3.69. The minimum atomic E-state index is -0.332. The van der Waals surface area contributed by atoms with Gasteiger partial charge < -0.3 is 5.32 Å². The number of nitrogens with one attached hydrogen (secondary N) is 1. The molecule has 5 nitrogen and oxygen atoms in total. The van der Waals surface area contributed by atoms with Crippen LogP contribution in [0.4, 0.5) is 0 Å². The van der Waals surface area contributed by atoms with E-state index in [0.29, 0.717) is 22.7 Å². The van der Waals surface area contributed by atoms with E-state index in [2.05, 4.69) is 5.32 Å². The Labute approximate surface area is 167 Å². The van der Waals surface area contributed by atoms with Gasteiger partial charge in [-0.25, -0.2) is 0 Å². The van der Waals surface area contributed by atoms with Crippen LogP contribution in [0.15, 0.2) is 47.4 Å². The van der Waals surface area contributed by atoms with Crippen molar-refractivity contribution in [2.75, 3.05) is 18.8 Å². The molecule has 0 fully saturated rings. The number of carbonyl (C=O) groups excluding carboxylic acids is 3. The molecule has 0 saturated heterocycles. The van der Waals surface area contributed by atoms with Gasteiger partial charge in [-0.05, 0) is 43.3 Å². The molecule has 1 heterocycles. The summed E-state index contributed by atoms with van der Waals surface area (Å²) in [5.41, 5.74) is 1.75. The molecule has 2 aromatic carbocycles. The summed E-state index contributed by atoms with van der Waals surface area (Å²) in [5.74, 6) is -0.120. The molecule has 1 N–H and O–H groups in total. The Hall–Kier alpha value is -2.31. The molecule has 0 atom stereocenters. The van der Waals surface area contributed by atoms with Crippen LogP contribution in [-0.4, -0.2) is 41.5 Å². The molecule has 0 radical (unpaired) electrons. The lowest BCUT2D eigenvalue weighted by atomic mass is 10.1. The monoisotopic (exact) mass is 402 g/mol. The maximum Gasteiger partial charge on any atom is 0.261 e. The highest BCUT2D eigenvalue weighted by atomic mass is 35.5. The highest BCUT2D eigenvalue weighted by Crippen LogP contribution is 2.24. The van der Waals surface area contributed by atoms with Crippen molar-refractivity contribution in [3.8, 4) is 0 Å². The van der Waals surface area contributed by atoms with E-state index in [1.807, 2.05) is 31.2 Å². The second-order valence-corrected chi connectivity index (χ2v) is 7.82. The first-order valence-electron chi connectivity index (χ1n) is 8.57. The molecule has 140 valence electrons. The maximum atomic E-state index is 12.4. The number of fused-ring (bicyclic) bond motifs is 1. The van der Waals surface area contributed by atoms with Crippen molar-refractivity contribution in [3.63, 3.8) is 0 Å². The molecule has 7 heteroatoms. The number of hydrogen-bond donors (Lipinski definition) is 1. The van der Waals surface area contributed by atoms with E-state index in [9.17, 15) is 14.4 Å². The molecular formula is C20H19ClN2O3S. The SMILES string of the molecule is Cc1ccc2c(c1)C(=O)N(CCC(=O)NCCSc1ccc(Cl)cc1)C2=O. The fraction of sp³-hybridized carbons (Fsp3) is 0.250. The van der Waals surface area contributed by atoms with E-state index in [4.69, 9.17) is 11.6 Å². The third-order valence-electron chi connectivity index (χ3n) is 4.20. The highest BCUT2D eigenvalue weighted by Gasteiger charge is 2.35. The van der Waals surface area contributed by atoms with Crippen molar-refractivity contribution in [1.82, 2.24) is 10.2 Å². The average Bonchev–Trinajstić information content (AvgIpc) is 2.88. The Bertz CT molecular complexity index is 883. The molecule has 0 aliphatic carbocycles. The summed E-state index contributed by atoms with van der Waals surface area (Å²) in [7, 11) is 0. The van der Waals surface area contributed by atoms with Gasteiger partial charge in [0.2, 0.25) is 5.91 Å². The molecule has 1 aliphatic rings. The molecule has 1 aliphatic heterocycles. The normalized spacial score (nSPS) is 13.0. The quantitative estimate of drug-likeness (QED) is 0.437. The summed E-state index contributed by atoms with van der Waals surface area (Å²) < 4.78 is 0. The van der Waals surface area contributed by atoms with Crippen molar-refractivity contribution in [2.24, 2.45) is 0 Å². The number of benzene rings is 2. The Balaban J connectivity index is 1.42. The first-order valence-corrected chi connectivity index (χ1v) is 9.94. The first kappa shape index (κ1) is 19.5. The van der Waals surface area contributed by atoms with Crippen LogP contribution < -0.4 is 5.32 Å². The van der Waals surface area contributed by atoms with Crippen molar-refractivity contribution in [2.45, 2.75) is 18.2 Å². The Kier molecular flexibility index (Phi) is 6.19. The van der Waals surface area contributed by atoms with Crippen LogP contribution in [0.25, 0.3) is 0 Å². The van der Waals surface area contributed by atoms with Crippen molar-refractivity contribution < 1.29 is 14.4 Å². The van der Waals surface area contributed by atoms with Gasteiger partial charge in [-0.15, -0.1) is 11.8 Å². The lowest BCUT2D eigenvalue weighted by Gasteiger charge is -2.13. The van der Waals surface area contributed by atoms with E-state index < -0.39 is 0 Å². The summed E-state index contributed by atoms with van der Waals surface area (Å²) in [5, 5.41) is 3.50. The topological polar surface area (TPSA) is 66.5 Å². The van der Waals surface area contributed by atoms with Crippen LogP contribution >= 0.6 is 23.4 Å². The number of imide groups is 1. The highest BCUT2D eigenvalue weighted by molar-refractivity contribution is 7.99. The third-order valence-corrected chi connectivity index (χ3v) is 5.46. The zero-order valence-electron chi connectivity index (χ0n) is 14.8. The third kappa shape index (κ3) is 4.70. The van der Waals surface area contributed by atoms with Crippen LogP contribution in [0.3, 0.4) is 0 Å². The molecule has 27 heavy (non-hydrogen) atoms. The molecule has 0 aromatic heterocycles. The second kappa shape index (κ2) is 8.59. The zero-order valence-corrected chi connectivity index (χ0v) is 16.4. The molecule has 3 rings (SSSR count). The lowest BCUT2D eigenvalue weighted by Crippen LogP contribution is -2.35. The smallest absolute Gasteiger partial charge is 0.261 e. The van der Waals surface area contributed by atoms with Crippen LogP contribution in [0.1, 0.15) is 32.7 Å². The molecule has 2 aromatic rings. The number of halogens is 1. The summed E-state index contributed by atoms with van der Waals surface area (Å²) in [6.45, 7) is 2.46. The first-order chi connectivity index (χ1) is 13.0. The summed E-state index contributed by atoms with van der Waals surface area (Å²) in [4.78, 5) is 38.9. The van der Waals surface area contributed by atoms with E-state index in [1.165, 1.54) is 0 Å². The largest absolute Gasteiger partial charge is 0.355 e. The van der Waals surface area contributed by atoms with Gasteiger partial charge in [0.15, 0.2) is 0 Å². The number of nitrogens with zero attached hydrogens (tertiary/aromatic N) is 1. The molecule has 0 unspecified atom stereocenters. The molecular weight excluding hydrogens is 384 g/mol. The predicted octanol–water partition coefficient (Wildman–Crippen LogP) is 3.54. The summed E-state index contributed by atoms with van der Waals surface area (Å²) in [6.07, 6.45) is 0.0933. The number of amides is 3. The zero-order chi connectivity index (χ0) is 19.4. The number of hydrogen-bond acceptors (Lipinski definition) is 4. The standard InChI is InChI=1S/C20H19ClN2O3S/c1-13-2-7-16-17(12-13)20(26)23(19(16)25)10-8-18(24)22-9-11-27-15-5-3-14(21)4-6-15/h2-7,12H,8-11H2,1H3,(H,22,24). The van der Waals surface area contributed by atoms with E-state index in [0.717, 1.165) is 21.1 Å². The van der Waals surface area contributed by atoms with E-state index in [1.54, 1.807) is 30.0 Å². The van der Waals surface area contributed by atoms with Gasteiger partial charge in [-0.2, -0.15) is 0 Å². The van der Waals surface area contributed by atoms with Gasteiger partial charge in [0, 0.05) is 35.2 Å². The van der Waals surface area contributed by atoms with Gasteiger partial charge in [0.1, 0.15) is 0 Å². The molecule has 0 spiro atoms. The van der Waals surface area contributed by atoms with Gasteiger partial charge in [0.25, 0.3) is 11.8 Å².